The van der Waals surface area contributed by atoms with Gasteiger partial charge in [0.2, 0.25) is 0 Å². The van der Waals surface area contributed by atoms with E-state index in [9.17, 15) is 18.0 Å². The van der Waals surface area contributed by atoms with E-state index in [0.29, 0.717) is 4.90 Å². The molecule has 0 aromatic heterocycles. The Morgan fingerprint density at radius 2 is 1.94 bits per heavy atom. The van der Waals surface area contributed by atoms with Crippen LogP contribution in [0.4, 0.5) is 13.2 Å². The Balaban J connectivity index is 2.88. The van der Waals surface area contributed by atoms with Crippen molar-refractivity contribution in [1.29, 1.82) is 0 Å². The molecule has 17 heavy (non-hydrogen) atoms. The summed E-state index contributed by atoms with van der Waals surface area (Å²) in [5.41, 5.74) is -0.249. The van der Waals surface area contributed by atoms with E-state index in [1.807, 2.05) is 6.92 Å². The third-order valence-electron chi connectivity index (χ3n) is 2.14. The summed E-state index contributed by atoms with van der Waals surface area (Å²) >= 11 is 1.30. The number of benzene rings is 1. The molecule has 0 amide bonds. The number of carbonyl (C=O) groups excluding carboxylic acids is 1. The Morgan fingerprint density at radius 1 is 1.29 bits per heavy atom. The van der Waals surface area contributed by atoms with Gasteiger partial charge in [0, 0.05) is 10.5 Å². The average Bonchev–Trinajstić information content (AvgIpc) is 2.28. The van der Waals surface area contributed by atoms with Crippen molar-refractivity contribution in [3.63, 3.8) is 0 Å². The molecule has 0 aliphatic heterocycles. The smallest absolute Gasteiger partial charge is 0.284 e. The van der Waals surface area contributed by atoms with Crippen LogP contribution in [0.5, 0.6) is 0 Å². The summed E-state index contributed by atoms with van der Waals surface area (Å²) in [5, 5.41) is 0. The zero-order chi connectivity index (χ0) is 12.9. The van der Waals surface area contributed by atoms with Crippen LogP contribution in [0.25, 0.3) is 0 Å². The second-order valence-corrected chi connectivity index (χ2v) is 4.66. The quantitative estimate of drug-likeness (QED) is 0.446. The molecule has 5 heteroatoms. The first-order valence-electron chi connectivity index (χ1n) is 5.30. The molecule has 0 radical (unpaired) electrons. The predicted octanol–water partition coefficient (Wildman–Crippen LogP) is 4.32. The largest absolute Gasteiger partial charge is 0.454 e. The monoisotopic (exact) mass is 262 g/mol. The highest BCUT2D eigenvalue weighted by molar-refractivity contribution is 7.99. The van der Waals surface area contributed by atoms with Gasteiger partial charge in [0.05, 0.1) is 0 Å². The van der Waals surface area contributed by atoms with Crippen molar-refractivity contribution in [2.45, 2.75) is 30.8 Å². The second kappa shape index (κ2) is 6.10. The van der Waals surface area contributed by atoms with Crippen molar-refractivity contribution in [3.8, 4) is 0 Å². The maximum Gasteiger partial charge on any atom is 0.454 e. The van der Waals surface area contributed by atoms with Crippen LogP contribution >= 0.6 is 11.8 Å². The molecule has 1 nitrogen and oxygen atoms in total. The average molecular weight is 262 g/mol. The maximum atomic E-state index is 12.3. The predicted molar refractivity (Wildman–Crippen MR) is 62.5 cm³/mol. The molecular formula is C12H13F3OS. The molecule has 0 fully saturated rings. The van der Waals surface area contributed by atoms with Crippen LogP contribution in [0.15, 0.2) is 29.2 Å². The Bertz CT molecular complexity index is 388. The lowest BCUT2D eigenvalue weighted by molar-refractivity contribution is -0.0887. The van der Waals surface area contributed by atoms with Crippen LogP contribution in [0.1, 0.15) is 30.1 Å². The van der Waals surface area contributed by atoms with Gasteiger partial charge < -0.3 is 0 Å². The zero-order valence-electron chi connectivity index (χ0n) is 9.38. The Labute approximate surface area is 102 Å². The first-order chi connectivity index (χ1) is 7.96. The molecule has 1 rings (SSSR count). The highest BCUT2D eigenvalue weighted by Gasteiger charge is 2.40. The minimum absolute atomic E-state index is 0.249. The molecule has 0 N–H and O–H groups in total. The molecule has 0 saturated heterocycles. The number of rotatable bonds is 5. The van der Waals surface area contributed by atoms with Gasteiger partial charge in [-0.3, -0.25) is 4.79 Å². The number of alkyl halides is 3. The third kappa shape index (κ3) is 4.07. The van der Waals surface area contributed by atoms with Crippen molar-refractivity contribution in [2.75, 3.05) is 5.75 Å². The van der Waals surface area contributed by atoms with Crippen molar-refractivity contribution in [1.82, 2.24) is 0 Å². The molecule has 0 bridgehead atoms. The molecule has 0 heterocycles. The highest BCUT2D eigenvalue weighted by Crippen LogP contribution is 2.29. The lowest BCUT2D eigenvalue weighted by atomic mass is 10.1. The number of hydrogen-bond acceptors (Lipinski definition) is 2. The fraction of sp³-hybridized carbons (Fsp3) is 0.417. The van der Waals surface area contributed by atoms with Crippen molar-refractivity contribution in [3.05, 3.63) is 29.8 Å². The fourth-order valence-electron chi connectivity index (χ4n) is 1.26. The molecular weight excluding hydrogens is 249 g/mol. The van der Waals surface area contributed by atoms with E-state index in [4.69, 9.17) is 0 Å². The fourth-order valence-corrected chi connectivity index (χ4v) is 2.40. The normalized spacial score (nSPS) is 11.5. The number of thioether (sulfide) groups is 1. The molecule has 0 atom stereocenters. The standard InChI is InChI=1S/C12H13F3OS/c1-2-3-8-17-10-7-5-4-6-9(10)11(16)12(13,14)15/h4-7H,2-3,8H2,1H3. The minimum Gasteiger partial charge on any atom is -0.284 e. The van der Waals surface area contributed by atoms with Gasteiger partial charge in [0.1, 0.15) is 0 Å². The summed E-state index contributed by atoms with van der Waals surface area (Å²) in [7, 11) is 0. The number of Topliss-reactive ketones (excluding diaryl/α,β-unsaturated/α-hetero) is 1. The van der Waals surface area contributed by atoms with Crippen molar-refractivity contribution in [2.24, 2.45) is 0 Å². The Morgan fingerprint density at radius 3 is 2.53 bits per heavy atom. The molecule has 94 valence electrons. The molecule has 0 unspecified atom stereocenters. The van der Waals surface area contributed by atoms with Crippen LogP contribution in [-0.4, -0.2) is 17.7 Å². The van der Waals surface area contributed by atoms with Crippen molar-refractivity contribution < 1.29 is 18.0 Å². The van der Waals surface area contributed by atoms with Crippen LogP contribution in [-0.2, 0) is 0 Å². The van der Waals surface area contributed by atoms with Gasteiger partial charge in [-0.1, -0.05) is 25.5 Å². The number of ketones is 1. The van der Waals surface area contributed by atoms with E-state index in [0.717, 1.165) is 18.6 Å². The Kier molecular flexibility index (Phi) is 5.05. The van der Waals surface area contributed by atoms with Crippen LogP contribution < -0.4 is 0 Å². The number of hydrogen-bond donors (Lipinski definition) is 0. The third-order valence-corrected chi connectivity index (χ3v) is 3.30. The number of carbonyl (C=O) groups is 1. The van der Waals surface area contributed by atoms with Gasteiger partial charge in [-0.2, -0.15) is 13.2 Å². The minimum atomic E-state index is -4.80. The first kappa shape index (κ1) is 14.1. The number of halogens is 3. The molecule has 0 aliphatic rings. The lowest BCUT2D eigenvalue weighted by Crippen LogP contribution is -2.23. The van der Waals surface area contributed by atoms with E-state index < -0.39 is 12.0 Å². The van der Waals surface area contributed by atoms with E-state index >= 15 is 0 Å². The topological polar surface area (TPSA) is 17.1 Å². The summed E-state index contributed by atoms with van der Waals surface area (Å²) in [5.74, 6) is -1.05. The van der Waals surface area contributed by atoms with Crippen LogP contribution in [0.3, 0.4) is 0 Å². The first-order valence-corrected chi connectivity index (χ1v) is 6.28. The maximum absolute atomic E-state index is 12.3. The summed E-state index contributed by atoms with van der Waals surface area (Å²) in [4.78, 5) is 11.6. The molecule has 0 saturated carbocycles. The summed E-state index contributed by atoms with van der Waals surface area (Å²) in [6.07, 6.45) is -2.91. The van der Waals surface area contributed by atoms with Gasteiger partial charge in [-0.25, -0.2) is 0 Å². The van der Waals surface area contributed by atoms with Gasteiger partial charge in [-0.15, -0.1) is 11.8 Å². The highest BCUT2D eigenvalue weighted by atomic mass is 32.2. The van der Waals surface area contributed by atoms with Crippen LogP contribution in [0, 0.1) is 0 Å². The molecule has 1 aromatic rings. The van der Waals surface area contributed by atoms with Gasteiger partial charge >= 0.3 is 6.18 Å². The summed E-state index contributed by atoms with van der Waals surface area (Å²) in [6.45, 7) is 2.01. The van der Waals surface area contributed by atoms with E-state index in [2.05, 4.69) is 0 Å². The van der Waals surface area contributed by atoms with E-state index in [-0.39, 0.29) is 5.56 Å². The van der Waals surface area contributed by atoms with Crippen LogP contribution in [0.2, 0.25) is 0 Å². The van der Waals surface area contributed by atoms with E-state index in [1.54, 1.807) is 12.1 Å². The Hall–Kier alpha value is -0.970. The van der Waals surface area contributed by atoms with E-state index in [1.165, 1.54) is 23.9 Å². The molecule has 0 aliphatic carbocycles. The zero-order valence-corrected chi connectivity index (χ0v) is 10.2. The summed E-state index contributed by atoms with van der Waals surface area (Å²) in [6, 6.07) is 5.87. The second-order valence-electron chi connectivity index (χ2n) is 3.53. The van der Waals surface area contributed by atoms with Crippen molar-refractivity contribution >= 4 is 17.5 Å². The van der Waals surface area contributed by atoms with Gasteiger partial charge in [0.25, 0.3) is 5.78 Å². The van der Waals surface area contributed by atoms with Gasteiger partial charge in [0.15, 0.2) is 0 Å². The lowest BCUT2D eigenvalue weighted by Gasteiger charge is -2.09. The van der Waals surface area contributed by atoms with Gasteiger partial charge in [-0.05, 0) is 24.3 Å². The molecule has 1 aromatic carbocycles. The SMILES string of the molecule is CCCCSc1ccccc1C(=O)C(F)(F)F. The summed E-state index contributed by atoms with van der Waals surface area (Å²) < 4.78 is 37.0. The number of unbranched alkanes of at least 4 members (excludes halogenated alkanes) is 1. The molecule has 0 spiro atoms.